The quantitative estimate of drug-likeness (QED) is 0.376. The summed E-state index contributed by atoms with van der Waals surface area (Å²) in [6, 6.07) is 0. The van der Waals surface area contributed by atoms with E-state index >= 15 is 0 Å². The summed E-state index contributed by atoms with van der Waals surface area (Å²) in [4.78, 5) is 19.8. The fourth-order valence-electron chi connectivity index (χ4n) is 0.498. The predicted octanol–water partition coefficient (Wildman–Crippen LogP) is -2.14. The molecule has 96 valence electrons. The van der Waals surface area contributed by atoms with E-state index in [1.807, 2.05) is 0 Å². The molecule has 0 bridgehead atoms. The molecule has 0 aliphatic heterocycles. The van der Waals surface area contributed by atoms with Crippen molar-refractivity contribution in [3.05, 3.63) is 0 Å². The van der Waals surface area contributed by atoms with E-state index in [4.69, 9.17) is 0 Å². The van der Waals surface area contributed by atoms with Crippen LogP contribution in [0.5, 0.6) is 0 Å². The number of hydrogen-bond donors (Lipinski definition) is 0. The van der Waals surface area contributed by atoms with Gasteiger partial charge in [-0.15, -0.1) is 0 Å². The van der Waals surface area contributed by atoms with Gasteiger partial charge in [-0.1, -0.05) is 0 Å². The molecule has 17 heavy (non-hydrogen) atoms. The molecular weight excluding hydrogens is 402 g/mol. The Morgan fingerprint density at radius 3 is 1.00 bits per heavy atom. The zero-order chi connectivity index (χ0) is 13.6. The van der Waals surface area contributed by atoms with E-state index < -0.39 is 43.3 Å². The van der Waals surface area contributed by atoms with E-state index in [0.717, 1.165) is 13.8 Å². The Morgan fingerprint density at radius 1 is 0.824 bits per heavy atom. The molecule has 0 heterocycles. The van der Waals surface area contributed by atoms with E-state index in [-0.39, 0.29) is 48.9 Å². The van der Waals surface area contributed by atoms with Crippen LogP contribution in [0.1, 0.15) is 13.8 Å². The maximum atomic E-state index is 9.88. The summed E-state index contributed by atoms with van der Waals surface area (Å²) in [6.07, 6.45) is 0. The number of carbonyl (C=O) groups is 2. The molecule has 11 heteroatoms. The van der Waals surface area contributed by atoms with Crippen LogP contribution >= 0.6 is 0 Å². The Hall–Kier alpha value is 0.731. The number of ketones is 2. The first-order chi connectivity index (χ1) is 6.83. The van der Waals surface area contributed by atoms with Gasteiger partial charge in [-0.05, 0) is 13.8 Å². The first-order valence-electron chi connectivity index (χ1n) is 3.69. The smallest absolute Gasteiger partial charge is 0.748 e. The van der Waals surface area contributed by atoms with Crippen molar-refractivity contribution in [1.82, 2.24) is 0 Å². The number of Topliss-reactive ketones (excluding diaryl/α,β-unsaturated/α-hetero) is 2. The van der Waals surface area contributed by atoms with E-state index in [9.17, 15) is 35.5 Å². The summed E-state index contributed by atoms with van der Waals surface area (Å²) in [6.45, 7) is 2.10. The van der Waals surface area contributed by atoms with E-state index in [2.05, 4.69) is 0 Å². The normalized spacial score (nSPS) is 10.6. The molecule has 0 fully saturated rings. The Bertz CT molecular complexity index is 404. The standard InChI is InChI=1S/2C3H6O4S.Ba/c2*1-3(4)2-8(5,6)7;/h2*2H2,1H3,(H,5,6,7);/q;;+2/p-2. The summed E-state index contributed by atoms with van der Waals surface area (Å²) >= 11 is 0. The molecule has 0 unspecified atom stereocenters. The first kappa shape index (κ1) is 22.9. The molecule has 0 atom stereocenters. The fraction of sp³-hybridized carbons (Fsp3) is 0.667. The van der Waals surface area contributed by atoms with Crippen LogP contribution < -0.4 is 0 Å². The van der Waals surface area contributed by atoms with E-state index in [1.165, 1.54) is 0 Å². The van der Waals surface area contributed by atoms with Gasteiger partial charge >= 0.3 is 48.9 Å². The van der Waals surface area contributed by atoms with Crippen molar-refractivity contribution in [2.24, 2.45) is 0 Å². The predicted molar refractivity (Wildman–Crippen MR) is 56.2 cm³/mol. The van der Waals surface area contributed by atoms with Gasteiger partial charge in [0, 0.05) is 0 Å². The molecule has 0 rings (SSSR count). The van der Waals surface area contributed by atoms with Crippen molar-refractivity contribution in [1.29, 1.82) is 0 Å². The van der Waals surface area contributed by atoms with Gasteiger partial charge < -0.3 is 9.11 Å². The second kappa shape index (κ2) is 9.63. The topological polar surface area (TPSA) is 149 Å². The molecule has 0 aromatic rings. The fourth-order valence-corrected chi connectivity index (χ4v) is 1.49. The molecule has 0 aromatic heterocycles. The summed E-state index contributed by atoms with van der Waals surface area (Å²) in [5.41, 5.74) is 0. The van der Waals surface area contributed by atoms with Crippen LogP contribution in [0.15, 0.2) is 0 Å². The van der Waals surface area contributed by atoms with E-state index in [1.54, 1.807) is 0 Å². The van der Waals surface area contributed by atoms with Gasteiger partial charge in [0.25, 0.3) is 0 Å². The molecule has 0 N–H and O–H groups in total. The van der Waals surface area contributed by atoms with Crippen molar-refractivity contribution in [2.75, 3.05) is 11.5 Å². The molecule has 0 saturated heterocycles. The van der Waals surface area contributed by atoms with Gasteiger partial charge in [-0.25, -0.2) is 16.8 Å². The zero-order valence-electron chi connectivity index (χ0n) is 9.20. The van der Waals surface area contributed by atoms with Gasteiger partial charge in [-0.3, -0.25) is 9.59 Å². The van der Waals surface area contributed by atoms with Gasteiger partial charge in [-0.2, -0.15) is 0 Å². The third kappa shape index (κ3) is 31.5. The average Bonchev–Trinajstić information content (AvgIpc) is 1.72. The molecule has 0 aliphatic carbocycles. The van der Waals surface area contributed by atoms with Crippen molar-refractivity contribution in [3.8, 4) is 0 Å². The molecule has 0 spiro atoms. The van der Waals surface area contributed by atoms with Crippen LogP contribution in [0.25, 0.3) is 0 Å². The van der Waals surface area contributed by atoms with Crippen LogP contribution in [0.3, 0.4) is 0 Å². The van der Waals surface area contributed by atoms with E-state index in [0.29, 0.717) is 0 Å². The molecule has 0 aliphatic rings. The van der Waals surface area contributed by atoms with Gasteiger partial charge in [0.05, 0.1) is 11.5 Å². The summed E-state index contributed by atoms with van der Waals surface area (Å²) in [5.74, 6) is -3.04. The zero-order valence-corrected chi connectivity index (χ0v) is 15.3. The molecule has 8 nitrogen and oxygen atoms in total. The number of rotatable bonds is 4. The maximum absolute atomic E-state index is 9.88. The number of hydrogen-bond acceptors (Lipinski definition) is 8. The summed E-state index contributed by atoms with van der Waals surface area (Å²) < 4.78 is 58.0. The third-order valence-corrected chi connectivity index (χ3v) is 2.28. The minimum absolute atomic E-state index is 0. The number of carbonyl (C=O) groups excluding carboxylic acids is 2. The second-order valence-corrected chi connectivity index (χ2v) is 5.62. The molecule has 0 aromatic carbocycles. The second-order valence-electron chi connectivity index (χ2n) is 2.81. The van der Waals surface area contributed by atoms with Gasteiger partial charge in [0.1, 0.15) is 31.8 Å². The Balaban J connectivity index is -0.000000218. The average molecular weight is 412 g/mol. The van der Waals surface area contributed by atoms with Crippen LogP contribution in [0.4, 0.5) is 0 Å². The minimum atomic E-state index is -4.32. The van der Waals surface area contributed by atoms with Crippen LogP contribution in [0.2, 0.25) is 0 Å². The van der Waals surface area contributed by atoms with Crippen molar-refractivity contribution in [2.45, 2.75) is 13.8 Å². The largest absolute Gasteiger partial charge is 2.00 e. The molecule has 0 radical (unpaired) electrons. The van der Waals surface area contributed by atoms with Crippen molar-refractivity contribution >= 4 is 80.7 Å². The SMILES string of the molecule is CC(=O)CS(=O)(=O)[O-].CC(=O)CS(=O)(=O)[O-].[Ba+2]. The van der Waals surface area contributed by atoms with Crippen LogP contribution in [0, 0.1) is 0 Å². The monoisotopic (exact) mass is 412 g/mol. The summed E-state index contributed by atoms with van der Waals surface area (Å²) in [7, 11) is -8.65. The molecular formula is C6H10BaO8S2. The molecule has 0 amide bonds. The third-order valence-electron chi connectivity index (χ3n) is 0.760. The van der Waals surface area contributed by atoms with Gasteiger partial charge in [0.15, 0.2) is 0 Å². The van der Waals surface area contributed by atoms with Crippen LogP contribution in [-0.4, -0.2) is 97.9 Å². The van der Waals surface area contributed by atoms with Gasteiger partial charge in [0.2, 0.25) is 0 Å². The Kier molecular flexibility index (Phi) is 13.0. The van der Waals surface area contributed by atoms with Crippen molar-refractivity contribution < 1.29 is 35.5 Å². The molecule has 0 saturated carbocycles. The van der Waals surface area contributed by atoms with Crippen molar-refractivity contribution in [3.63, 3.8) is 0 Å². The maximum Gasteiger partial charge on any atom is 2.00 e. The minimum Gasteiger partial charge on any atom is -0.748 e. The van der Waals surface area contributed by atoms with Crippen LogP contribution in [-0.2, 0) is 29.8 Å². The Morgan fingerprint density at radius 2 is 1.00 bits per heavy atom. The first-order valence-corrected chi connectivity index (χ1v) is 6.85. The Labute approximate surface area is 140 Å². The summed E-state index contributed by atoms with van der Waals surface area (Å²) in [5, 5.41) is 0.